The van der Waals surface area contributed by atoms with Crippen LogP contribution >= 0.6 is 50.6 Å². The van der Waals surface area contributed by atoms with E-state index < -0.39 is 0 Å². The molecule has 0 bridgehead atoms. The predicted molar refractivity (Wildman–Crippen MR) is 66.3 cm³/mol. The van der Waals surface area contributed by atoms with Crippen LogP contribution in [0, 0.1) is 0 Å². The standard InChI is InChI=1S/C9H6BrClS2/c1-12-7-3-2-6-8(9(7)10)5(11)4-13-6/h2-4H,1H3. The average Bonchev–Trinajstić information content (AvgIpc) is 2.49. The highest BCUT2D eigenvalue weighted by molar-refractivity contribution is 9.10. The largest absolute Gasteiger partial charge is 0.142 e. The Morgan fingerprint density at radius 2 is 2.23 bits per heavy atom. The Morgan fingerprint density at radius 1 is 1.46 bits per heavy atom. The van der Waals surface area contributed by atoms with Crippen molar-refractivity contribution in [3.8, 4) is 0 Å². The van der Waals surface area contributed by atoms with Crippen molar-refractivity contribution in [1.82, 2.24) is 0 Å². The van der Waals surface area contributed by atoms with Gasteiger partial charge in [-0.2, -0.15) is 0 Å². The van der Waals surface area contributed by atoms with E-state index >= 15 is 0 Å². The number of fused-ring (bicyclic) bond motifs is 1. The van der Waals surface area contributed by atoms with Crippen molar-refractivity contribution in [2.75, 3.05) is 6.26 Å². The molecule has 0 N–H and O–H groups in total. The van der Waals surface area contributed by atoms with E-state index in [1.165, 1.54) is 9.60 Å². The van der Waals surface area contributed by atoms with Crippen molar-refractivity contribution in [2.24, 2.45) is 0 Å². The normalized spacial score (nSPS) is 11.0. The fourth-order valence-electron chi connectivity index (χ4n) is 1.19. The Bertz CT molecular complexity index is 450. The Balaban J connectivity index is 2.83. The molecule has 0 aliphatic carbocycles. The first-order valence-corrected chi connectivity index (χ1v) is 6.90. The molecular weight excluding hydrogens is 288 g/mol. The maximum atomic E-state index is 6.08. The molecule has 0 aliphatic heterocycles. The molecule has 68 valence electrons. The second kappa shape index (κ2) is 3.81. The summed E-state index contributed by atoms with van der Waals surface area (Å²) in [6.45, 7) is 0. The average molecular weight is 294 g/mol. The summed E-state index contributed by atoms with van der Waals surface area (Å²) in [4.78, 5) is 1.23. The SMILES string of the molecule is CSc1ccc2scc(Cl)c2c1Br. The van der Waals surface area contributed by atoms with Gasteiger partial charge in [-0.1, -0.05) is 11.6 Å². The summed E-state index contributed by atoms with van der Waals surface area (Å²) in [5.41, 5.74) is 0. The minimum Gasteiger partial charge on any atom is -0.142 e. The third-order valence-corrected chi connectivity index (χ3v) is 5.06. The molecule has 0 atom stereocenters. The first-order valence-electron chi connectivity index (χ1n) is 3.63. The predicted octanol–water partition coefficient (Wildman–Crippen LogP) is 5.04. The van der Waals surface area contributed by atoms with Crippen LogP contribution in [0.25, 0.3) is 10.1 Å². The van der Waals surface area contributed by atoms with E-state index in [2.05, 4.69) is 34.3 Å². The first kappa shape index (κ1) is 9.84. The summed E-state index contributed by atoms with van der Waals surface area (Å²) < 4.78 is 2.35. The van der Waals surface area contributed by atoms with Crippen LogP contribution in [0.15, 0.2) is 26.9 Å². The van der Waals surface area contributed by atoms with Crippen molar-refractivity contribution in [3.63, 3.8) is 0 Å². The summed E-state index contributed by atoms with van der Waals surface area (Å²) >= 11 is 13.0. The molecule has 1 heterocycles. The number of thiophene rings is 1. The van der Waals surface area contributed by atoms with Gasteiger partial charge >= 0.3 is 0 Å². The fourth-order valence-corrected chi connectivity index (χ4v) is 4.18. The molecule has 0 nitrogen and oxygen atoms in total. The van der Waals surface area contributed by atoms with Crippen LogP contribution in [0.3, 0.4) is 0 Å². The maximum Gasteiger partial charge on any atom is 0.0603 e. The van der Waals surface area contributed by atoms with Crippen LogP contribution in [0.1, 0.15) is 0 Å². The van der Waals surface area contributed by atoms with Gasteiger partial charge in [0, 0.05) is 24.8 Å². The number of thioether (sulfide) groups is 1. The van der Waals surface area contributed by atoms with Crippen LogP contribution in [-0.2, 0) is 0 Å². The first-order chi connectivity index (χ1) is 6.24. The number of rotatable bonds is 1. The molecular formula is C9H6BrClS2. The summed E-state index contributed by atoms with van der Waals surface area (Å²) in [7, 11) is 0. The molecule has 0 unspecified atom stereocenters. The van der Waals surface area contributed by atoms with E-state index in [0.29, 0.717) is 0 Å². The fraction of sp³-hybridized carbons (Fsp3) is 0.111. The van der Waals surface area contributed by atoms with Crippen LogP contribution in [0.4, 0.5) is 0 Å². The van der Waals surface area contributed by atoms with Crippen LogP contribution in [0.5, 0.6) is 0 Å². The lowest BCUT2D eigenvalue weighted by atomic mass is 10.3. The lowest BCUT2D eigenvalue weighted by molar-refractivity contribution is 1.47. The molecule has 13 heavy (non-hydrogen) atoms. The molecule has 2 aromatic rings. The monoisotopic (exact) mass is 292 g/mol. The van der Waals surface area contributed by atoms with E-state index in [4.69, 9.17) is 11.6 Å². The lowest BCUT2D eigenvalue weighted by Crippen LogP contribution is -1.74. The zero-order chi connectivity index (χ0) is 9.42. The second-order valence-electron chi connectivity index (χ2n) is 2.54. The molecule has 0 fully saturated rings. The van der Waals surface area contributed by atoms with Crippen molar-refractivity contribution in [2.45, 2.75) is 4.90 Å². The van der Waals surface area contributed by atoms with Gasteiger partial charge in [0.1, 0.15) is 0 Å². The van der Waals surface area contributed by atoms with Gasteiger partial charge in [-0.05, 0) is 34.3 Å². The highest BCUT2D eigenvalue weighted by Crippen LogP contribution is 2.39. The number of hydrogen-bond donors (Lipinski definition) is 0. The zero-order valence-electron chi connectivity index (χ0n) is 6.80. The quantitative estimate of drug-likeness (QED) is 0.664. The van der Waals surface area contributed by atoms with E-state index in [0.717, 1.165) is 14.9 Å². The van der Waals surface area contributed by atoms with Gasteiger partial charge < -0.3 is 0 Å². The topological polar surface area (TPSA) is 0 Å². The smallest absolute Gasteiger partial charge is 0.0603 e. The highest BCUT2D eigenvalue weighted by atomic mass is 79.9. The minimum atomic E-state index is 0.836. The van der Waals surface area contributed by atoms with Crippen molar-refractivity contribution >= 4 is 60.7 Å². The Morgan fingerprint density at radius 3 is 2.92 bits per heavy atom. The van der Waals surface area contributed by atoms with Crippen molar-refractivity contribution in [1.29, 1.82) is 0 Å². The Hall–Kier alpha value is 0.300. The minimum absolute atomic E-state index is 0.836. The molecule has 0 saturated heterocycles. The van der Waals surface area contributed by atoms with E-state index in [-0.39, 0.29) is 0 Å². The molecule has 0 spiro atoms. The summed E-state index contributed by atoms with van der Waals surface area (Å²) in [6, 6.07) is 4.23. The summed E-state index contributed by atoms with van der Waals surface area (Å²) in [5, 5.41) is 3.95. The number of benzene rings is 1. The van der Waals surface area contributed by atoms with Gasteiger partial charge in [0.25, 0.3) is 0 Å². The summed E-state index contributed by atoms with van der Waals surface area (Å²) in [5.74, 6) is 0. The van der Waals surface area contributed by atoms with E-state index in [1.54, 1.807) is 23.1 Å². The molecule has 2 rings (SSSR count). The van der Waals surface area contributed by atoms with Gasteiger partial charge in [-0.25, -0.2) is 0 Å². The van der Waals surface area contributed by atoms with Gasteiger partial charge in [-0.15, -0.1) is 23.1 Å². The second-order valence-corrected chi connectivity index (χ2v) is 5.50. The molecule has 0 amide bonds. The van der Waals surface area contributed by atoms with Crippen molar-refractivity contribution < 1.29 is 0 Å². The van der Waals surface area contributed by atoms with Gasteiger partial charge in [0.15, 0.2) is 0 Å². The lowest BCUT2D eigenvalue weighted by Gasteiger charge is -2.01. The number of halogens is 2. The zero-order valence-corrected chi connectivity index (χ0v) is 10.8. The van der Waals surface area contributed by atoms with Gasteiger partial charge in [-0.3, -0.25) is 0 Å². The number of hydrogen-bond acceptors (Lipinski definition) is 2. The van der Waals surface area contributed by atoms with E-state index in [9.17, 15) is 0 Å². The highest BCUT2D eigenvalue weighted by Gasteiger charge is 2.08. The van der Waals surface area contributed by atoms with Crippen LogP contribution < -0.4 is 0 Å². The summed E-state index contributed by atoms with van der Waals surface area (Å²) in [6.07, 6.45) is 2.06. The van der Waals surface area contributed by atoms with E-state index in [1.807, 2.05) is 5.38 Å². The molecule has 1 aromatic carbocycles. The Kier molecular flexibility index (Phi) is 2.88. The maximum absolute atomic E-state index is 6.08. The van der Waals surface area contributed by atoms with Gasteiger partial charge in [0.2, 0.25) is 0 Å². The molecule has 0 radical (unpaired) electrons. The Labute approximate surface area is 98.4 Å². The third-order valence-electron chi connectivity index (χ3n) is 1.82. The molecule has 4 heteroatoms. The van der Waals surface area contributed by atoms with Crippen LogP contribution in [-0.4, -0.2) is 6.26 Å². The molecule has 0 aliphatic rings. The van der Waals surface area contributed by atoms with Crippen LogP contribution in [0.2, 0.25) is 5.02 Å². The third kappa shape index (κ3) is 1.63. The molecule has 0 saturated carbocycles. The molecule has 1 aromatic heterocycles. The van der Waals surface area contributed by atoms with Gasteiger partial charge in [0.05, 0.1) is 5.02 Å². The van der Waals surface area contributed by atoms with Crippen molar-refractivity contribution in [3.05, 3.63) is 27.0 Å².